The molecule has 1 aromatic rings. The van der Waals surface area contributed by atoms with E-state index in [1.807, 2.05) is 12.1 Å². The summed E-state index contributed by atoms with van der Waals surface area (Å²) in [6, 6.07) is 8.24. The van der Waals surface area contributed by atoms with Crippen LogP contribution in [-0.2, 0) is 4.74 Å². The molecule has 1 atom stereocenters. The highest BCUT2D eigenvalue weighted by atomic mass is 79.9. The summed E-state index contributed by atoms with van der Waals surface area (Å²) in [5.41, 5.74) is 1.23. The lowest BCUT2D eigenvalue weighted by molar-refractivity contribution is 0.0555. The van der Waals surface area contributed by atoms with E-state index in [9.17, 15) is 0 Å². The molecular weight excluding hydrogens is 308 g/mol. The second kappa shape index (κ2) is 4.77. The molecule has 1 aliphatic rings. The number of ether oxygens (including phenoxy) is 1. The van der Waals surface area contributed by atoms with Gasteiger partial charge in [0.1, 0.15) is 0 Å². The van der Waals surface area contributed by atoms with Gasteiger partial charge in [-0.15, -0.1) is 0 Å². The van der Waals surface area contributed by atoms with Gasteiger partial charge >= 0.3 is 0 Å². The second-order valence-electron chi connectivity index (χ2n) is 3.50. The number of halogens is 2. The summed E-state index contributed by atoms with van der Waals surface area (Å²) in [6.45, 7) is 0. The third kappa shape index (κ3) is 2.59. The largest absolute Gasteiger partial charge is 0.369 e. The lowest BCUT2D eigenvalue weighted by atomic mass is 10.1. The van der Waals surface area contributed by atoms with E-state index in [1.165, 1.54) is 18.4 Å². The minimum Gasteiger partial charge on any atom is -0.369 e. The van der Waals surface area contributed by atoms with Crippen molar-refractivity contribution in [2.24, 2.45) is 0 Å². The fourth-order valence-corrected chi connectivity index (χ4v) is 2.41. The van der Waals surface area contributed by atoms with Crippen molar-refractivity contribution in [3.8, 4) is 0 Å². The molecule has 0 radical (unpaired) electrons. The highest BCUT2D eigenvalue weighted by Crippen LogP contribution is 2.34. The average Bonchev–Trinajstić information content (AvgIpc) is 2.99. The molecule has 1 unspecified atom stereocenters. The van der Waals surface area contributed by atoms with Crippen molar-refractivity contribution in [3.05, 3.63) is 34.3 Å². The van der Waals surface area contributed by atoms with Crippen LogP contribution in [0.2, 0.25) is 0 Å². The van der Waals surface area contributed by atoms with E-state index in [4.69, 9.17) is 4.74 Å². The molecule has 76 valence electrons. The number of hydrogen-bond acceptors (Lipinski definition) is 1. The van der Waals surface area contributed by atoms with Crippen LogP contribution in [0, 0.1) is 0 Å². The maximum absolute atomic E-state index is 5.90. The molecule has 14 heavy (non-hydrogen) atoms. The fraction of sp³-hybridized carbons (Fsp3) is 0.455. The Kier molecular flexibility index (Phi) is 3.63. The molecule has 0 saturated heterocycles. The summed E-state index contributed by atoms with van der Waals surface area (Å²) in [7, 11) is 0. The molecule has 1 aliphatic carbocycles. The lowest BCUT2D eigenvalue weighted by Gasteiger charge is -2.16. The van der Waals surface area contributed by atoms with Gasteiger partial charge in [-0.1, -0.05) is 50.1 Å². The van der Waals surface area contributed by atoms with Crippen molar-refractivity contribution < 1.29 is 4.74 Å². The summed E-state index contributed by atoms with van der Waals surface area (Å²) in [5.74, 6) is 0. The Labute approximate surface area is 101 Å². The quantitative estimate of drug-likeness (QED) is 0.760. The van der Waals surface area contributed by atoms with Crippen LogP contribution < -0.4 is 0 Å². The van der Waals surface area contributed by atoms with Gasteiger partial charge in [-0.25, -0.2) is 0 Å². The average molecular weight is 320 g/mol. The van der Waals surface area contributed by atoms with E-state index in [1.54, 1.807) is 0 Å². The molecule has 0 aliphatic heterocycles. The molecule has 1 aromatic carbocycles. The molecule has 1 fully saturated rings. The van der Waals surface area contributed by atoms with Crippen molar-refractivity contribution in [1.82, 2.24) is 0 Å². The molecule has 3 heteroatoms. The molecule has 0 N–H and O–H groups in total. The van der Waals surface area contributed by atoms with Crippen LogP contribution in [0.5, 0.6) is 0 Å². The van der Waals surface area contributed by atoms with E-state index in [-0.39, 0.29) is 6.10 Å². The Morgan fingerprint density at radius 1 is 1.36 bits per heavy atom. The Hall–Kier alpha value is 0.140. The van der Waals surface area contributed by atoms with Crippen molar-refractivity contribution in [2.45, 2.75) is 25.0 Å². The van der Waals surface area contributed by atoms with Crippen molar-refractivity contribution in [1.29, 1.82) is 0 Å². The molecule has 0 aromatic heterocycles. The third-order valence-corrected chi connectivity index (χ3v) is 3.58. The Morgan fingerprint density at radius 2 is 2.07 bits per heavy atom. The summed E-state index contributed by atoms with van der Waals surface area (Å²) in [4.78, 5) is 0. The molecule has 0 spiro atoms. The van der Waals surface area contributed by atoms with Gasteiger partial charge in [-0.05, 0) is 24.5 Å². The van der Waals surface area contributed by atoms with Crippen molar-refractivity contribution >= 4 is 31.9 Å². The van der Waals surface area contributed by atoms with Gasteiger partial charge in [0.2, 0.25) is 0 Å². The van der Waals surface area contributed by atoms with Gasteiger partial charge in [-0.3, -0.25) is 0 Å². The SMILES string of the molecule is BrCC(OC1CC1)c1ccccc1Br. The van der Waals surface area contributed by atoms with E-state index in [0.717, 1.165) is 9.80 Å². The summed E-state index contributed by atoms with van der Waals surface area (Å²) in [6.07, 6.45) is 3.10. The smallest absolute Gasteiger partial charge is 0.0936 e. The zero-order valence-corrected chi connectivity index (χ0v) is 10.9. The monoisotopic (exact) mass is 318 g/mol. The first kappa shape index (κ1) is 10.7. The minimum absolute atomic E-state index is 0.179. The Balaban J connectivity index is 2.12. The van der Waals surface area contributed by atoms with Gasteiger partial charge in [0.15, 0.2) is 0 Å². The van der Waals surface area contributed by atoms with Gasteiger partial charge < -0.3 is 4.74 Å². The molecule has 0 bridgehead atoms. The van der Waals surface area contributed by atoms with Crippen molar-refractivity contribution in [3.63, 3.8) is 0 Å². The van der Waals surface area contributed by atoms with Crippen LogP contribution in [-0.4, -0.2) is 11.4 Å². The van der Waals surface area contributed by atoms with E-state index in [0.29, 0.717) is 6.10 Å². The molecule has 1 nitrogen and oxygen atoms in total. The first-order valence-electron chi connectivity index (χ1n) is 4.77. The summed E-state index contributed by atoms with van der Waals surface area (Å²) < 4.78 is 7.03. The molecular formula is C11H12Br2O. The molecule has 2 rings (SSSR count). The van der Waals surface area contributed by atoms with E-state index < -0.39 is 0 Å². The van der Waals surface area contributed by atoms with E-state index >= 15 is 0 Å². The Bertz CT molecular complexity index is 310. The van der Waals surface area contributed by atoms with Crippen LogP contribution >= 0.6 is 31.9 Å². The van der Waals surface area contributed by atoms with Crippen LogP contribution in [0.25, 0.3) is 0 Å². The standard InChI is InChI=1S/C11H12Br2O/c12-7-11(14-8-5-6-8)9-3-1-2-4-10(9)13/h1-4,8,11H,5-7H2. The van der Waals surface area contributed by atoms with Crippen molar-refractivity contribution in [2.75, 3.05) is 5.33 Å². The van der Waals surface area contributed by atoms with Crippen LogP contribution in [0.4, 0.5) is 0 Å². The third-order valence-electron chi connectivity index (χ3n) is 2.27. The number of alkyl halides is 1. The van der Waals surface area contributed by atoms with Crippen LogP contribution in [0.15, 0.2) is 28.7 Å². The molecule has 0 amide bonds. The number of rotatable bonds is 4. The predicted molar refractivity (Wildman–Crippen MR) is 64.8 cm³/mol. The molecule has 0 heterocycles. The van der Waals surface area contributed by atoms with Gasteiger partial charge in [0.25, 0.3) is 0 Å². The zero-order chi connectivity index (χ0) is 9.97. The van der Waals surface area contributed by atoms with Gasteiger partial charge in [0.05, 0.1) is 12.2 Å². The number of benzene rings is 1. The maximum atomic E-state index is 5.90. The Morgan fingerprint density at radius 3 is 2.64 bits per heavy atom. The zero-order valence-electron chi connectivity index (χ0n) is 7.75. The van der Waals surface area contributed by atoms with Crippen LogP contribution in [0.1, 0.15) is 24.5 Å². The summed E-state index contributed by atoms with van der Waals surface area (Å²) >= 11 is 7.04. The normalized spacial score (nSPS) is 18.1. The first-order chi connectivity index (χ1) is 6.81. The van der Waals surface area contributed by atoms with Gasteiger partial charge in [0, 0.05) is 9.80 Å². The van der Waals surface area contributed by atoms with E-state index in [2.05, 4.69) is 44.0 Å². The second-order valence-corrected chi connectivity index (χ2v) is 5.00. The maximum Gasteiger partial charge on any atom is 0.0936 e. The topological polar surface area (TPSA) is 9.23 Å². The lowest BCUT2D eigenvalue weighted by Crippen LogP contribution is -2.07. The number of hydrogen-bond donors (Lipinski definition) is 0. The fourth-order valence-electron chi connectivity index (χ4n) is 1.37. The van der Waals surface area contributed by atoms with Gasteiger partial charge in [-0.2, -0.15) is 0 Å². The predicted octanol–water partition coefficient (Wildman–Crippen LogP) is 4.06. The minimum atomic E-state index is 0.179. The molecule has 1 saturated carbocycles. The summed E-state index contributed by atoms with van der Waals surface area (Å²) in [5, 5.41) is 0.853. The first-order valence-corrected chi connectivity index (χ1v) is 6.68. The van der Waals surface area contributed by atoms with Crippen LogP contribution in [0.3, 0.4) is 0 Å². The highest BCUT2D eigenvalue weighted by Gasteiger charge is 2.27. The highest BCUT2D eigenvalue weighted by molar-refractivity contribution is 9.10.